The molecule has 1 aliphatic rings. The fraction of sp³-hybridized carbons (Fsp3) is 0.591. The molecule has 1 unspecified atom stereocenters. The minimum absolute atomic E-state index is 0.0404. The van der Waals surface area contributed by atoms with Gasteiger partial charge in [-0.3, -0.25) is 4.72 Å². The SMILES string of the molecule is CCCCN1c2cc(NS(=O)(=O)C(F)(F)F)c(N=Nc3nnc(C(=O)OCCC)s3)cc2CCC1CC. The molecule has 3 rings (SSSR count). The van der Waals surface area contributed by atoms with Gasteiger partial charge in [-0.05, 0) is 49.8 Å². The fourth-order valence-electron chi connectivity index (χ4n) is 3.88. The minimum Gasteiger partial charge on any atom is -0.460 e. The Bertz CT molecular complexity index is 1230. The third kappa shape index (κ3) is 6.94. The number of carbonyl (C=O) groups excluding carboxylic acids is 1. The van der Waals surface area contributed by atoms with E-state index in [0.717, 1.165) is 42.6 Å². The van der Waals surface area contributed by atoms with E-state index in [2.05, 4.69) is 25.3 Å². The highest BCUT2D eigenvalue weighted by Gasteiger charge is 2.46. The molecule has 1 atom stereocenters. The van der Waals surface area contributed by atoms with E-state index in [1.165, 1.54) is 12.1 Å². The zero-order valence-corrected chi connectivity index (χ0v) is 22.3. The van der Waals surface area contributed by atoms with E-state index in [0.29, 0.717) is 25.1 Å². The van der Waals surface area contributed by atoms with Gasteiger partial charge in [0.1, 0.15) is 5.69 Å². The number of hydrogen-bond acceptors (Lipinski definition) is 10. The first-order valence-electron chi connectivity index (χ1n) is 12.0. The number of alkyl halides is 3. The maximum absolute atomic E-state index is 13.2. The van der Waals surface area contributed by atoms with E-state index in [9.17, 15) is 26.4 Å². The molecule has 0 saturated carbocycles. The van der Waals surface area contributed by atoms with Gasteiger partial charge in [0.25, 0.3) is 5.13 Å². The second kappa shape index (κ2) is 12.2. The molecule has 1 aromatic heterocycles. The number of benzene rings is 1. The van der Waals surface area contributed by atoms with Crippen molar-refractivity contribution in [3.8, 4) is 0 Å². The number of hydrogen-bond donors (Lipinski definition) is 1. The number of fused-ring (bicyclic) bond motifs is 1. The van der Waals surface area contributed by atoms with Gasteiger partial charge in [-0.2, -0.15) is 21.6 Å². The number of anilines is 2. The number of azo groups is 1. The molecule has 0 aliphatic carbocycles. The van der Waals surface area contributed by atoms with Crippen LogP contribution in [0.1, 0.15) is 68.2 Å². The number of sulfonamides is 1. The average Bonchev–Trinajstić information content (AvgIpc) is 3.32. The Morgan fingerprint density at radius 2 is 1.97 bits per heavy atom. The third-order valence-corrected chi connectivity index (χ3v) is 7.62. The standard InChI is InChI=1S/C22H29F3N6O4S2/c1-4-7-10-31-15(6-3)9-8-14-12-16(17(13-18(14)31)30-37(33,34)22(23,24)25)26-28-21-29-27-19(36-21)20(32)35-11-5-2/h12-13,15,30H,4-11H2,1-3H3. The smallest absolute Gasteiger partial charge is 0.460 e. The largest absolute Gasteiger partial charge is 0.516 e. The number of carbonyl (C=O) groups is 1. The summed E-state index contributed by atoms with van der Waals surface area (Å²) in [5, 5.41) is 15.2. The van der Waals surface area contributed by atoms with E-state index in [1.807, 2.05) is 20.8 Å². The molecule has 0 spiro atoms. The summed E-state index contributed by atoms with van der Waals surface area (Å²) in [6.45, 7) is 6.82. The van der Waals surface area contributed by atoms with Crippen molar-refractivity contribution in [2.45, 2.75) is 70.8 Å². The van der Waals surface area contributed by atoms with E-state index in [1.54, 1.807) is 4.72 Å². The van der Waals surface area contributed by atoms with Crippen molar-refractivity contribution in [1.82, 2.24) is 10.2 Å². The lowest BCUT2D eigenvalue weighted by molar-refractivity contribution is -0.0429. The van der Waals surface area contributed by atoms with Crippen molar-refractivity contribution < 1.29 is 31.1 Å². The molecule has 1 aromatic carbocycles. The Morgan fingerprint density at radius 3 is 2.62 bits per heavy atom. The highest BCUT2D eigenvalue weighted by atomic mass is 32.2. The maximum Gasteiger partial charge on any atom is 0.516 e. The zero-order chi connectivity index (χ0) is 27.2. The minimum atomic E-state index is -5.71. The van der Waals surface area contributed by atoms with E-state index in [-0.39, 0.29) is 34.2 Å². The molecule has 0 saturated heterocycles. The first-order valence-corrected chi connectivity index (χ1v) is 14.3. The number of ether oxygens (including phenoxy) is 1. The van der Waals surface area contributed by atoms with Crippen LogP contribution < -0.4 is 9.62 Å². The summed E-state index contributed by atoms with van der Waals surface area (Å²) in [5.74, 6) is -0.675. The van der Waals surface area contributed by atoms with E-state index >= 15 is 0 Å². The summed E-state index contributed by atoms with van der Waals surface area (Å²) in [6.07, 6.45) is 4.77. The summed E-state index contributed by atoms with van der Waals surface area (Å²) in [4.78, 5) is 14.1. The number of rotatable bonds is 11. The second-order valence-electron chi connectivity index (χ2n) is 8.42. The summed E-state index contributed by atoms with van der Waals surface area (Å²) >= 11 is 0.791. The molecule has 0 amide bonds. The molecule has 0 radical (unpaired) electrons. The van der Waals surface area contributed by atoms with Crippen molar-refractivity contribution in [2.75, 3.05) is 22.8 Å². The number of nitrogens with one attached hydrogen (secondary N) is 1. The third-order valence-electron chi connectivity index (χ3n) is 5.74. The number of unbranched alkanes of at least 4 members (excludes halogenated alkanes) is 1. The van der Waals surface area contributed by atoms with Gasteiger partial charge in [0.15, 0.2) is 0 Å². The predicted molar refractivity (Wildman–Crippen MR) is 134 cm³/mol. The monoisotopic (exact) mass is 562 g/mol. The van der Waals surface area contributed by atoms with Crippen LogP contribution in [0.15, 0.2) is 22.4 Å². The molecule has 10 nitrogen and oxygen atoms in total. The molecule has 37 heavy (non-hydrogen) atoms. The van der Waals surface area contributed by atoms with Gasteiger partial charge in [-0.1, -0.05) is 38.5 Å². The first-order chi connectivity index (χ1) is 17.5. The van der Waals surface area contributed by atoms with Gasteiger partial charge in [0, 0.05) is 18.3 Å². The van der Waals surface area contributed by atoms with Crippen molar-refractivity contribution in [3.05, 3.63) is 22.7 Å². The molecular weight excluding hydrogens is 533 g/mol. The quantitative estimate of drug-likeness (QED) is 0.258. The first kappa shape index (κ1) is 28.8. The van der Waals surface area contributed by atoms with Crippen LogP contribution in [0.5, 0.6) is 0 Å². The second-order valence-corrected chi connectivity index (χ2v) is 11.1. The Hall–Kier alpha value is -2.81. The van der Waals surface area contributed by atoms with Crippen molar-refractivity contribution in [1.29, 1.82) is 0 Å². The molecule has 2 heterocycles. The van der Waals surface area contributed by atoms with Crippen LogP contribution in [0, 0.1) is 0 Å². The number of halogens is 3. The average molecular weight is 563 g/mol. The molecule has 0 bridgehead atoms. The maximum atomic E-state index is 13.2. The Morgan fingerprint density at radius 1 is 1.22 bits per heavy atom. The van der Waals surface area contributed by atoms with Crippen LogP contribution in [0.2, 0.25) is 0 Å². The normalized spacial score (nSPS) is 16.2. The molecule has 1 N–H and O–H groups in total. The van der Waals surface area contributed by atoms with Gasteiger partial charge in [-0.25, -0.2) is 4.79 Å². The van der Waals surface area contributed by atoms with Crippen molar-refractivity contribution in [2.24, 2.45) is 10.2 Å². The van der Waals surface area contributed by atoms with Crippen LogP contribution in [-0.2, 0) is 21.2 Å². The Balaban J connectivity index is 2.01. The topological polar surface area (TPSA) is 126 Å². The number of aryl methyl sites for hydroxylation is 1. The van der Waals surface area contributed by atoms with Crippen molar-refractivity contribution >= 4 is 49.5 Å². The predicted octanol–water partition coefficient (Wildman–Crippen LogP) is 6.11. The zero-order valence-electron chi connectivity index (χ0n) is 20.7. The van der Waals surface area contributed by atoms with Gasteiger partial charge in [-0.15, -0.1) is 20.4 Å². The lowest BCUT2D eigenvalue weighted by atomic mass is 9.93. The highest BCUT2D eigenvalue weighted by Crippen LogP contribution is 2.41. The molecular formula is C22H29F3N6O4S2. The van der Waals surface area contributed by atoms with Crippen LogP contribution in [0.25, 0.3) is 0 Å². The van der Waals surface area contributed by atoms with Gasteiger partial charge in [0.05, 0.1) is 12.3 Å². The summed E-state index contributed by atoms with van der Waals surface area (Å²) in [6, 6.07) is 3.11. The van der Waals surface area contributed by atoms with Gasteiger partial charge in [0.2, 0.25) is 5.01 Å². The van der Waals surface area contributed by atoms with Crippen LogP contribution in [0.3, 0.4) is 0 Å². The van der Waals surface area contributed by atoms with Crippen LogP contribution in [-0.4, -0.2) is 49.3 Å². The van der Waals surface area contributed by atoms with Gasteiger partial charge < -0.3 is 9.64 Å². The molecule has 2 aromatic rings. The highest BCUT2D eigenvalue weighted by molar-refractivity contribution is 7.93. The van der Waals surface area contributed by atoms with Crippen LogP contribution >= 0.6 is 11.3 Å². The van der Waals surface area contributed by atoms with E-state index < -0.39 is 21.5 Å². The Labute approximate surface area is 217 Å². The number of nitrogens with zero attached hydrogens (tertiary/aromatic N) is 5. The van der Waals surface area contributed by atoms with Crippen molar-refractivity contribution in [3.63, 3.8) is 0 Å². The number of aromatic nitrogens is 2. The summed E-state index contributed by atoms with van der Waals surface area (Å²) < 4.78 is 70.1. The molecule has 0 fully saturated rings. The fourth-order valence-corrected chi connectivity index (χ4v) is 5.01. The van der Waals surface area contributed by atoms with E-state index in [4.69, 9.17) is 4.74 Å². The molecule has 204 valence electrons. The lowest BCUT2D eigenvalue weighted by Gasteiger charge is -2.39. The molecule has 1 aliphatic heterocycles. The van der Waals surface area contributed by atoms with Crippen LogP contribution in [0.4, 0.5) is 35.4 Å². The number of esters is 1. The lowest BCUT2D eigenvalue weighted by Crippen LogP contribution is -2.39. The molecule has 15 heteroatoms. The summed E-state index contributed by atoms with van der Waals surface area (Å²) in [7, 11) is -5.71. The Kier molecular flexibility index (Phi) is 9.45. The summed E-state index contributed by atoms with van der Waals surface area (Å²) in [5.41, 5.74) is -4.49. The van der Waals surface area contributed by atoms with Gasteiger partial charge >= 0.3 is 21.5 Å².